The predicted molar refractivity (Wildman–Crippen MR) is 132 cm³/mol. The number of aryl methyl sites for hydroxylation is 2. The van der Waals surface area contributed by atoms with Crippen molar-refractivity contribution in [3.8, 4) is 6.07 Å². The van der Waals surface area contributed by atoms with E-state index in [1.54, 1.807) is 0 Å². The highest BCUT2D eigenvalue weighted by Gasteiger charge is 2.23. The molecule has 0 spiro atoms. The monoisotopic (exact) mass is 483 g/mol. The van der Waals surface area contributed by atoms with Crippen molar-refractivity contribution in [1.29, 1.82) is 5.26 Å². The van der Waals surface area contributed by atoms with E-state index in [9.17, 15) is 10.1 Å². The third kappa shape index (κ3) is 5.04. The van der Waals surface area contributed by atoms with Gasteiger partial charge < -0.3 is 9.67 Å². The zero-order valence-electron chi connectivity index (χ0n) is 18.9. The third-order valence-corrected chi connectivity index (χ3v) is 7.61. The summed E-state index contributed by atoms with van der Waals surface area (Å²) in [6, 6.07) is 12.1. The van der Waals surface area contributed by atoms with Crippen molar-refractivity contribution >= 4 is 40.1 Å². The first kappa shape index (κ1) is 23.6. The minimum absolute atomic E-state index is 0.250. The second kappa shape index (κ2) is 9.77. The molecule has 5 nitrogen and oxygen atoms in total. The molecule has 3 aromatic rings. The molecule has 0 aliphatic carbocycles. The molecule has 2 heterocycles. The maximum Gasteiger partial charge on any atom is 0.303 e. The van der Waals surface area contributed by atoms with E-state index in [1.165, 1.54) is 0 Å². The highest BCUT2D eigenvalue weighted by atomic mass is 35.5. The van der Waals surface area contributed by atoms with Crippen molar-refractivity contribution in [2.75, 3.05) is 13.1 Å². The number of benzene rings is 2. The van der Waals surface area contributed by atoms with Crippen LogP contribution < -0.4 is 0 Å². The van der Waals surface area contributed by atoms with Crippen molar-refractivity contribution in [3.05, 3.63) is 68.3 Å². The molecule has 0 saturated carbocycles. The molecule has 1 aromatic heterocycles. The average molecular weight is 484 g/mol. The Balaban J connectivity index is 1.56. The molecule has 0 bridgehead atoms. The van der Waals surface area contributed by atoms with Gasteiger partial charge in [0.2, 0.25) is 0 Å². The van der Waals surface area contributed by atoms with E-state index in [0.29, 0.717) is 22.0 Å². The normalized spacial score (nSPS) is 15.1. The Bertz CT molecular complexity index is 1250. The molecule has 4 rings (SSSR count). The summed E-state index contributed by atoms with van der Waals surface area (Å²) in [5.74, 6) is -0.460. The summed E-state index contributed by atoms with van der Waals surface area (Å²) in [5.41, 5.74) is 5.77. The first-order chi connectivity index (χ1) is 15.8. The van der Waals surface area contributed by atoms with Crippen LogP contribution >= 0.6 is 23.2 Å². The van der Waals surface area contributed by atoms with Crippen LogP contribution in [0.5, 0.6) is 0 Å². The van der Waals surface area contributed by atoms with E-state index in [0.717, 1.165) is 65.8 Å². The zero-order chi connectivity index (χ0) is 23.7. The van der Waals surface area contributed by atoms with Gasteiger partial charge in [0.1, 0.15) is 0 Å². The largest absolute Gasteiger partial charge is 0.481 e. The number of nitriles is 1. The van der Waals surface area contributed by atoms with Crippen LogP contribution in [0.2, 0.25) is 10.0 Å². The van der Waals surface area contributed by atoms with E-state index in [-0.39, 0.29) is 12.3 Å². The van der Waals surface area contributed by atoms with Gasteiger partial charge in [-0.3, -0.25) is 9.69 Å². The molecule has 1 aliphatic heterocycles. The van der Waals surface area contributed by atoms with Gasteiger partial charge in [-0.05, 0) is 79.7 Å². The van der Waals surface area contributed by atoms with Gasteiger partial charge in [-0.1, -0.05) is 29.3 Å². The highest BCUT2D eigenvalue weighted by Crippen LogP contribution is 2.34. The van der Waals surface area contributed by atoms with Crippen molar-refractivity contribution < 1.29 is 9.90 Å². The number of piperidine rings is 1. The first-order valence-electron chi connectivity index (χ1n) is 11.2. The van der Waals surface area contributed by atoms with Crippen LogP contribution in [-0.4, -0.2) is 33.6 Å². The Kier molecular flexibility index (Phi) is 6.99. The fourth-order valence-electron chi connectivity index (χ4n) is 4.85. The number of carboxylic acid groups (broad SMARTS) is 1. The standard InChI is InChI=1S/C26H27Cl2N3O2/c1-16-9-18(14-29)10-24-21(16)12-20(30(24)2)13-22-23(27)4-3-19(26(22)28)15-31-7-5-17(6-8-31)11-25(32)33/h3-4,9-10,12,17H,5-8,11,13,15H2,1-2H3,(H,32,33). The van der Waals surface area contributed by atoms with Gasteiger partial charge >= 0.3 is 5.97 Å². The molecular weight excluding hydrogens is 457 g/mol. The van der Waals surface area contributed by atoms with Crippen LogP contribution in [0.25, 0.3) is 10.9 Å². The van der Waals surface area contributed by atoms with Crippen molar-refractivity contribution in [1.82, 2.24) is 9.47 Å². The lowest BCUT2D eigenvalue weighted by Crippen LogP contribution is -2.34. The molecule has 172 valence electrons. The van der Waals surface area contributed by atoms with Crippen LogP contribution in [0.3, 0.4) is 0 Å². The molecular formula is C26H27Cl2N3O2. The van der Waals surface area contributed by atoms with Crippen LogP contribution in [0.1, 0.15) is 47.2 Å². The Hall–Kier alpha value is -2.52. The van der Waals surface area contributed by atoms with Crippen molar-refractivity contribution in [2.24, 2.45) is 13.0 Å². The number of halogens is 2. The second-order valence-corrected chi connectivity index (χ2v) is 9.81. The Morgan fingerprint density at radius 3 is 2.61 bits per heavy atom. The Morgan fingerprint density at radius 1 is 1.21 bits per heavy atom. The number of fused-ring (bicyclic) bond motifs is 1. The van der Waals surface area contributed by atoms with Crippen molar-refractivity contribution in [2.45, 2.75) is 39.2 Å². The van der Waals surface area contributed by atoms with Gasteiger partial charge in [0.05, 0.1) is 16.7 Å². The van der Waals surface area contributed by atoms with E-state index < -0.39 is 5.97 Å². The third-order valence-electron chi connectivity index (χ3n) is 6.79. The zero-order valence-corrected chi connectivity index (χ0v) is 20.4. The summed E-state index contributed by atoms with van der Waals surface area (Å²) in [6.07, 6.45) is 2.63. The average Bonchev–Trinajstić information content (AvgIpc) is 3.10. The number of nitrogens with zero attached hydrogens (tertiary/aromatic N) is 3. The smallest absolute Gasteiger partial charge is 0.303 e. The summed E-state index contributed by atoms with van der Waals surface area (Å²) in [4.78, 5) is 13.3. The SMILES string of the molecule is Cc1cc(C#N)cc2c1cc(Cc1c(Cl)ccc(CN3CCC(CC(=O)O)CC3)c1Cl)n2C. The Labute approximate surface area is 204 Å². The number of hydrogen-bond acceptors (Lipinski definition) is 3. The van der Waals surface area contributed by atoms with Gasteiger partial charge in [-0.25, -0.2) is 0 Å². The molecule has 0 amide bonds. The number of carbonyl (C=O) groups is 1. The molecule has 0 atom stereocenters. The van der Waals surface area contributed by atoms with Gasteiger partial charge in [0.15, 0.2) is 0 Å². The first-order valence-corrected chi connectivity index (χ1v) is 11.9. The molecule has 7 heteroatoms. The lowest BCUT2D eigenvalue weighted by molar-refractivity contribution is -0.138. The minimum Gasteiger partial charge on any atom is -0.481 e. The van der Waals surface area contributed by atoms with E-state index in [4.69, 9.17) is 28.3 Å². The molecule has 0 unspecified atom stereocenters. The topological polar surface area (TPSA) is 69.3 Å². The van der Waals surface area contributed by atoms with E-state index in [1.807, 2.05) is 38.2 Å². The summed E-state index contributed by atoms with van der Waals surface area (Å²) in [5, 5.41) is 20.8. The summed E-state index contributed by atoms with van der Waals surface area (Å²) in [6.45, 7) is 4.49. The van der Waals surface area contributed by atoms with Crippen LogP contribution in [0.4, 0.5) is 0 Å². The quantitative estimate of drug-likeness (QED) is 0.470. The molecule has 2 aromatic carbocycles. The Morgan fingerprint density at radius 2 is 1.94 bits per heavy atom. The van der Waals surface area contributed by atoms with Crippen LogP contribution in [0.15, 0.2) is 30.3 Å². The van der Waals surface area contributed by atoms with Crippen LogP contribution in [0, 0.1) is 24.2 Å². The second-order valence-electron chi connectivity index (χ2n) is 9.03. The fourth-order valence-corrected chi connectivity index (χ4v) is 5.41. The number of likely N-dealkylation sites (tertiary alicyclic amines) is 1. The number of carboxylic acids is 1. The van der Waals surface area contributed by atoms with E-state index in [2.05, 4.69) is 21.6 Å². The summed E-state index contributed by atoms with van der Waals surface area (Å²) >= 11 is 13.5. The van der Waals surface area contributed by atoms with Gasteiger partial charge in [-0.2, -0.15) is 5.26 Å². The summed E-state index contributed by atoms with van der Waals surface area (Å²) in [7, 11) is 2.01. The number of aromatic nitrogens is 1. The van der Waals surface area contributed by atoms with E-state index >= 15 is 0 Å². The molecule has 33 heavy (non-hydrogen) atoms. The van der Waals surface area contributed by atoms with Gasteiger partial charge in [-0.15, -0.1) is 0 Å². The molecule has 1 saturated heterocycles. The molecule has 1 aliphatic rings. The highest BCUT2D eigenvalue weighted by molar-refractivity contribution is 6.36. The van der Waals surface area contributed by atoms with Crippen LogP contribution in [-0.2, 0) is 24.8 Å². The number of rotatable bonds is 6. The van der Waals surface area contributed by atoms with Gasteiger partial charge in [0.25, 0.3) is 0 Å². The van der Waals surface area contributed by atoms with Crippen molar-refractivity contribution in [3.63, 3.8) is 0 Å². The lowest BCUT2D eigenvalue weighted by Gasteiger charge is -2.31. The fraction of sp³-hybridized carbons (Fsp3) is 0.385. The summed E-state index contributed by atoms with van der Waals surface area (Å²) < 4.78 is 2.11. The lowest BCUT2D eigenvalue weighted by atomic mass is 9.93. The molecule has 1 fully saturated rings. The predicted octanol–water partition coefficient (Wildman–Crippen LogP) is 5.94. The number of hydrogen-bond donors (Lipinski definition) is 1. The number of aliphatic carboxylic acids is 1. The molecule has 0 radical (unpaired) electrons. The maximum atomic E-state index is 11.0. The maximum absolute atomic E-state index is 11.0. The van der Waals surface area contributed by atoms with Gasteiger partial charge in [0, 0.05) is 48.1 Å². The minimum atomic E-state index is -0.716. The molecule has 1 N–H and O–H groups in total.